The Morgan fingerprint density at radius 1 is 1.42 bits per heavy atom. The van der Waals surface area contributed by atoms with Crippen LogP contribution in [0.15, 0.2) is 24.3 Å². The van der Waals surface area contributed by atoms with Gasteiger partial charge in [0.15, 0.2) is 3.95 Å². The summed E-state index contributed by atoms with van der Waals surface area (Å²) in [5.41, 5.74) is 1.20. The summed E-state index contributed by atoms with van der Waals surface area (Å²) in [5, 5.41) is 0. The van der Waals surface area contributed by atoms with Crippen LogP contribution in [0.25, 0.3) is 10.4 Å². The summed E-state index contributed by atoms with van der Waals surface area (Å²) in [6.07, 6.45) is 0. The monoisotopic (exact) mass is 295 g/mol. The van der Waals surface area contributed by atoms with Crippen LogP contribution >= 0.6 is 23.6 Å². The molecule has 0 atom stereocenters. The third kappa shape index (κ3) is 2.85. The van der Waals surface area contributed by atoms with Crippen molar-refractivity contribution in [1.82, 2.24) is 4.98 Å². The van der Waals surface area contributed by atoms with Crippen LogP contribution in [0.4, 0.5) is 0 Å². The van der Waals surface area contributed by atoms with Crippen LogP contribution in [0, 0.1) is 3.95 Å². The van der Waals surface area contributed by atoms with Crippen LogP contribution in [0.5, 0.6) is 5.75 Å². The lowest BCUT2D eigenvalue weighted by molar-refractivity contribution is 0.0521. The Labute approximate surface area is 120 Å². The van der Waals surface area contributed by atoms with E-state index < -0.39 is 5.97 Å². The standard InChI is InChI=1S/C13H13NO3S2/c1-3-17-12(15)10-11(19-13(18)14-10)8-6-4-5-7-9(8)16-2/h4-7H,3H2,1-2H3,(H,14,18). The molecule has 0 saturated carbocycles. The molecule has 0 aliphatic heterocycles. The van der Waals surface area contributed by atoms with Gasteiger partial charge in [0.2, 0.25) is 0 Å². The molecule has 1 heterocycles. The summed E-state index contributed by atoms with van der Waals surface area (Å²) in [4.78, 5) is 15.5. The van der Waals surface area contributed by atoms with Crippen LogP contribution in [-0.4, -0.2) is 24.7 Å². The van der Waals surface area contributed by atoms with Crippen molar-refractivity contribution in [1.29, 1.82) is 0 Å². The van der Waals surface area contributed by atoms with Gasteiger partial charge in [0, 0.05) is 5.56 Å². The third-order valence-electron chi connectivity index (χ3n) is 2.48. The SMILES string of the molecule is CCOC(=O)c1[nH]c(=S)sc1-c1ccccc1OC. The largest absolute Gasteiger partial charge is 0.496 e. The first kappa shape index (κ1) is 13.8. The van der Waals surface area contributed by atoms with Crippen LogP contribution in [0.1, 0.15) is 17.4 Å². The maximum absolute atomic E-state index is 11.9. The molecule has 0 spiro atoms. The molecule has 2 aromatic rings. The van der Waals surface area contributed by atoms with Gasteiger partial charge in [-0.3, -0.25) is 0 Å². The summed E-state index contributed by atoms with van der Waals surface area (Å²) in [7, 11) is 1.59. The minimum Gasteiger partial charge on any atom is -0.496 e. The molecule has 100 valence electrons. The molecule has 0 radical (unpaired) electrons. The highest BCUT2D eigenvalue weighted by atomic mass is 32.1. The average Bonchev–Trinajstić information content (AvgIpc) is 2.81. The first-order valence-electron chi connectivity index (χ1n) is 5.71. The molecule has 6 heteroatoms. The van der Waals surface area contributed by atoms with E-state index in [4.69, 9.17) is 21.7 Å². The molecule has 0 amide bonds. The smallest absolute Gasteiger partial charge is 0.356 e. The van der Waals surface area contributed by atoms with Crippen molar-refractivity contribution in [3.05, 3.63) is 33.9 Å². The lowest BCUT2D eigenvalue weighted by Gasteiger charge is -2.07. The maximum atomic E-state index is 11.9. The number of methoxy groups -OCH3 is 1. The number of thiazole rings is 1. The van der Waals surface area contributed by atoms with Crippen molar-refractivity contribution in [2.75, 3.05) is 13.7 Å². The Morgan fingerprint density at radius 2 is 2.16 bits per heavy atom. The first-order chi connectivity index (χ1) is 9.17. The van der Waals surface area contributed by atoms with E-state index in [9.17, 15) is 4.79 Å². The number of hydrogen-bond acceptors (Lipinski definition) is 5. The lowest BCUT2D eigenvalue weighted by Crippen LogP contribution is -2.06. The quantitative estimate of drug-likeness (QED) is 0.691. The Kier molecular flexibility index (Phi) is 4.34. The van der Waals surface area contributed by atoms with E-state index in [1.165, 1.54) is 11.3 Å². The number of carbonyl (C=O) groups excluding carboxylic acids is 1. The number of esters is 1. The number of rotatable bonds is 4. The highest BCUT2D eigenvalue weighted by Gasteiger charge is 2.19. The molecule has 2 rings (SSSR count). The summed E-state index contributed by atoms with van der Waals surface area (Å²) in [6, 6.07) is 7.48. The van der Waals surface area contributed by atoms with E-state index in [2.05, 4.69) is 4.98 Å². The highest BCUT2D eigenvalue weighted by Crippen LogP contribution is 2.35. The Morgan fingerprint density at radius 3 is 2.84 bits per heavy atom. The number of aromatic amines is 1. The molecule has 1 aromatic heterocycles. The number of carbonyl (C=O) groups is 1. The summed E-state index contributed by atoms with van der Waals surface area (Å²) in [5.74, 6) is 0.286. The van der Waals surface area contributed by atoms with Crippen molar-refractivity contribution >= 4 is 29.5 Å². The van der Waals surface area contributed by atoms with Crippen molar-refractivity contribution in [2.45, 2.75) is 6.92 Å². The van der Waals surface area contributed by atoms with Crippen LogP contribution in [0.3, 0.4) is 0 Å². The zero-order valence-electron chi connectivity index (χ0n) is 10.6. The second-order valence-electron chi connectivity index (χ2n) is 3.64. The number of hydrogen-bond donors (Lipinski definition) is 1. The van der Waals surface area contributed by atoms with E-state index in [1.807, 2.05) is 24.3 Å². The van der Waals surface area contributed by atoms with Gasteiger partial charge in [-0.15, -0.1) is 11.3 Å². The molecular formula is C13H13NO3S2. The lowest BCUT2D eigenvalue weighted by atomic mass is 10.1. The molecule has 1 N–H and O–H groups in total. The second-order valence-corrected chi connectivity index (χ2v) is 5.33. The summed E-state index contributed by atoms with van der Waals surface area (Å²) in [6.45, 7) is 2.09. The first-order valence-corrected chi connectivity index (χ1v) is 6.93. The zero-order valence-corrected chi connectivity index (χ0v) is 12.2. The molecule has 0 fully saturated rings. The molecule has 0 unspecified atom stereocenters. The van der Waals surface area contributed by atoms with Gasteiger partial charge in [0.25, 0.3) is 0 Å². The second kappa shape index (κ2) is 5.99. The van der Waals surface area contributed by atoms with Gasteiger partial charge in [-0.1, -0.05) is 12.1 Å². The van der Waals surface area contributed by atoms with Crippen molar-refractivity contribution < 1.29 is 14.3 Å². The number of benzene rings is 1. The highest BCUT2D eigenvalue weighted by molar-refractivity contribution is 7.73. The van der Waals surface area contributed by atoms with Crippen LogP contribution in [-0.2, 0) is 4.74 Å². The third-order valence-corrected chi connectivity index (χ3v) is 3.75. The summed E-state index contributed by atoms with van der Waals surface area (Å²) >= 11 is 6.45. The van der Waals surface area contributed by atoms with E-state index >= 15 is 0 Å². The fourth-order valence-corrected chi connectivity index (χ4v) is 2.90. The Bertz CT molecular complexity index is 645. The molecule has 19 heavy (non-hydrogen) atoms. The molecule has 4 nitrogen and oxygen atoms in total. The number of aromatic nitrogens is 1. The molecule has 0 saturated heterocycles. The normalized spacial score (nSPS) is 10.2. The molecule has 1 aromatic carbocycles. The van der Waals surface area contributed by atoms with Gasteiger partial charge < -0.3 is 14.5 Å². The van der Waals surface area contributed by atoms with Crippen molar-refractivity contribution in [3.63, 3.8) is 0 Å². The van der Waals surface area contributed by atoms with E-state index in [1.54, 1.807) is 14.0 Å². The number of ether oxygens (including phenoxy) is 2. The summed E-state index contributed by atoms with van der Waals surface area (Å²) < 4.78 is 10.9. The predicted octanol–water partition coefficient (Wildman–Crippen LogP) is 3.66. The molecule has 0 aliphatic rings. The van der Waals surface area contributed by atoms with Crippen LogP contribution < -0.4 is 4.74 Å². The topological polar surface area (TPSA) is 51.3 Å². The minimum atomic E-state index is -0.407. The fraction of sp³-hybridized carbons (Fsp3) is 0.231. The molecular weight excluding hydrogens is 282 g/mol. The van der Waals surface area contributed by atoms with Crippen LogP contribution in [0.2, 0.25) is 0 Å². The fourth-order valence-electron chi connectivity index (χ4n) is 1.70. The molecule has 0 aliphatic carbocycles. The Hall–Kier alpha value is -1.66. The number of H-pyrrole nitrogens is 1. The van der Waals surface area contributed by atoms with Gasteiger partial charge in [0.05, 0.1) is 18.6 Å². The van der Waals surface area contributed by atoms with Gasteiger partial charge in [-0.05, 0) is 31.3 Å². The van der Waals surface area contributed by atoms with E-state index in [0.717, 1.165) is 10.4 Å². The number of nitrogens with one attached hydrogen (secondary N) is 1. The van der Waals surface area contributed by atoms with Gasteiger partial charge >= 0.3 is 5.97 Å². The number of para-hydroxylation sites is 1. The van der Waals surface area contributed by atoms with E-state index in [-0.39, 0.29) is 0 Å². The van der Waals surface area contributed by atoms with Gasteiger partial charge in [-0.25, -0.2) is 4.79 Å². The average molecular weight is 295 g/mol. The van der Waals surface area contributed by atoms with Crippen molar-refractivity contribution in [3.8, 4) is 16.2 Å². The predicted molar refractivity (Wildman–Crippen MR) is 77.4 cm³/mol. The van der Waals surface area contributed by atoms with E-state index in [0.29, 0.717) is 22.0 Å². The van der Waals surface area contributed by atoms with Gasteiger partial charge in [-0.2, -0.15) is 0 Å². The minimum absolute atomic E-state index is 0.320. The van der Waals surface area contributed by atoms with Crippen molar-refractivity contribution in [2.24, 2.45) is 0 Å². The Balaban J connectivity index is 2.56. The molecule has 0 bridgehead atoms. The maximum Gasteiger partial charge on any atom is 0.356 e. The zero-order chi connectivity index (χ0) is 13.8. The van der Waals surface area contributed by atoms with Gasteiger partial charge in [0.1, 0.15) is 11.4 Å².